The largest absolute Gasteiger partial charge is 0.508 e. The molecule has 1 fully saturated rings. The van der Waals surface area contributed by atoms with Crippen LogP contribution >= 0.6 is 0 Å². The Morgan fingerprint density at radius 2 is 1.89 bits per heavy atom. The molecule has 2 heteroatoms. The first-order valence-electron chi connectivity index (χ1n) is 7.30. The number of phenolic OH excluding ortho intramolecular Hbond substituents is 1. The van der Waals surface area contributed by atoms with Gasteiger partial charge in [-0.3, -0.25) is 0 Å². The van der Waals surface area contributed by atoms with Crippen LogP contribution in [0.15, 0.2) is 24.3 Å². The SMILES string of the molecule is CCCC1CCC(NCc2ccccc2O)CC1. The highest BCUT2D eigenvalue weighted by molar-refractivity contribution is 5.31. The van der Waals surface area contributed by atoms with Crippen molar-refractivity contribution in [3.05, 3.63) is 29.8 Å². The van der Waals surface area contributed by atoms with Crippen LogP contribution in [0.3, 0.4) is 0 Å². The highest BCUT2D eigenvalue weighted by atomic mass is 16.3. The van der Waals surface area contributed by atoms with Crippen LogP contribution in [0.4, 0.5) is 0 Å². The van der Waals surface area contributed by atoms with Gasteiger partial charge in [0.05, 0.1) is 0 Å². The van der Waals surface area contributed by atoms with Crippen molar-refractivity contribution in [2.45, 2.75) is 58.0 Å². The third-order valence-corrected chi connectivity index (χ3v) is 4.12. The van der Waals surface area contributed by atoms with Gasteiger partial charge in [-0.1, -0.05) is 38.0 Å². The zero-order valence-corrected chi connectivity index (χ0v) is 11.4. The van der Waals surface area contributed by atoms with Gasteiger partial charge in [0.1, 0.15) is 5.75 Å². The van der Waals surface area contributed by atoms with Crippen LogP contribution in [0.25, 0.3) is 0 Å². The maximum Gasteiger partial charge on any atom is 0.120 e. The smallest absolute Gasteiger partial charge is 0.120 e. The topological polar surface area (TPSA) is 32.3 Å². The van der Waals surface area contributed by atoms with Crippen LogP contribution in [0.1, 0.15) is 51.0 Å². The van der Waals surface area contributed by atoms with E-state index in [2.05, 4.69) is 12.2 Å². The minimum absolute atomic E-state index is 0.407. The Hall–Kier alpha value is -1.02. The molecule has 1 aromatic carbocycles. The number of hydrogen-bond acceptors (Lipinski definition) is 2. The van der Waals surface area contributed by atoms with Crippen molar-refractivity contribution < 1.29 is 5.11 Å². The highest BCUT2D eigenvalue weighted by Crippen LogP contribution is 2.28. The lowest BCUT2D eigenvalue weighted by Crippen LogP contribution is -2.32. The van der Waals surface area contributed by atoms with Crippen LogP contribution < -0.4 is 5.32 Å². The first kappa shape index (κ1) is 13.4. The Bertz CT molecular complexity index is 356. The Morgan fingerprint density at radius 1 is 1.17 bits per heavy atom. The molecule has 2 nitrogen and oxygen atoms in total. The second-order valence-electron chi connectivity index (χ2n) is 5.52. The van der Waals surface area contributed by atoms with Crippen molar-refractivity contribution in [3.8, 4) is 5.75 Å². The summed E-state index contributed by atoms with van der Waals surface area (Å²) in [6, 6.07) is 8.24. The molecular weight excluding hydrogens is 222 g/mol. The Morgan fingerprint density at radius 3 is 2.56 bits per heavy atom. The summed E-state index contributed by atoms with van der Waals surface area (Å²) < 4.78 is 0. The molecule has 2 rings (SSSR count). The van der Waals surface area contributed by atoms with Gasteiger partial charge < -0.3 is 10.4 Å². The van der Waals surface area contributed by atoms with Crippen LogP contribution in [0.5, 0.6) is 5.75 Å². The average molecular weight is 247 g/mol. The average Bonchev–Trinajstić information content (AvgIpc) is 2.40. The van der Waals surface area contributed by atoms with Gasteiger partial charge in [0.15, 0.2) is 0 Å². The lowest BCUT2D eigenvalue weighted by molar-refractivity contribution is 0.277. The van der Waals surface area contributed by atoms with Crippen LogP contribution in [0, 0.1) is 5.92 Å². The summed E-state index contributed by atoms with van der Waals surface area (Å²) in [6.07, 6.45) is 8.03. The predicted octanol–water partition coefficient (Wildman–Crippen LogP) is 3.84. The van der Waals surface area contributed by atoms with Crippen molar-refractivity contribution in [1.82, 2.24) is 5.32 Å². The molecule has 0 bridgehead atoms. The number of phenols is 1. The third-order valence-electron chi connectivity index (χ3n) is 4.12. The van der Waals surface area contributed by atoms with E-state index in [9.17, 15) is 5.11 Å². The summed E-state index contributed by atoms with van der Waals surface area (Å²) in [4.78, 5) is 0. The fourth-order valence-electron chi connectivity index (χ4n) is 2.98. The Labute approximate surface area is 110 Å². The number of aromatic hydroxyl groups is 1. The number of nitrogens with one attached hydrogen (secondary N) is 1. The van der Waals surface area contributed by atoms with Gasteiger partial charge in [-0.05, 0) is 37.7 Å². The summed E-state index contributed by atoms with van der Waals surface area (Å²) >= 11 is 0. The molecule has 0 saturated heterocycles. The first-order valence-corrected chi connectivity index (χ1v) is 7.30. The second kappa shape index (κ2) is 6.79. The molecular formula is C16H25NO. The van der Waals surface area contributed by atoms with Crippen molar-refractivity contribution >= 4 is 0 Å². The normalized spacial score (nSPS) is 24.1. The number of hydrogen-bond donors (Lipinski definition) is 2. The van der Waals surface area contributed by atoms with Gasteiger partial charge in [-0.25, -0.2) is 0 Å². The van der Waals surface area contributed by atoms with Crippen molar-refractivity contribution in [1.29, 1.82) is 0 Å². The first-order chi connectivity index (χ1) is 8.79. The number of benzene rings is 1. The maximum absolute atomic E-state index is 9.71. The van der Waals surface area contributed by atoms with Crippen molar-refractivity contribution in [2.75, 3.05) is 0 Å². The van der Waals surface area contributed by atoms with Gasteiger partial charge in [-0.2, -0.15) is 0 Å². The standard InChI is InChI=1S/C16H25NO/c1-2-5-13-8-10-15(11-9-13)17-12-14-6-3-4-7-16(14)18/h3-4,6-7,13,15,17-18H,2,5,8-12H2,1H3. The van der Waals surface area contributed by atoms with Crippen molar-refractivity contribution in [2.24, 2.45) is 5.92 Å². The summed E-state index contributed by atoms with van der Waals surface area (Å²) in [5, 5.41) is 13.3. The van der Waals surface area contributed by atoms with Crippen LogP contribution in [-0.4, -0.2) is 11.1 Å². The van der Waals surface area contributed by atoms with E-state index in [1.165, 1.54) is 38.5 Å². The van der Waals surface area contributed by atoms with E-state index < -0.39 is 0 Å². The van der Waals surface area contributed by atoms with Gasteiger partial charge in [0.2, 0.25) is 0 Å². The minimum atomic E-state index is 0.407. The monoisotopic (exact) mass is 247 g/mol. The molecule has 1 aliphatic carbocycles. The predicted molar refractivity (Wildman–Crippen MR) is 75.6 cm³/mol. The Balaban J connectivity index is 1.74. The van der Waals surface area contributed by atoms with E-state index in [4.69, 9.17) is 0 Å². The molecule has 0 aliphatic heterocycles. The molecule has 0 spiro atoms. The van der Waals surface area contributed by atoms with E-state index in [1.807, 2.05) is 18.2 Å². The quantitative estimate of drug-likeness (QED) is 0.828. The third kappa shape index (κ3) is 3.74. The number of rotatable bonds is 5. The summed E-state index contributed by atoms with van der Waals surface area (Å²) in [6.45, 7) is 3.07. The Kier molecular flexibility index (Phi) is 5.06. The summed E-state index contributed by atoms with van der Waals surface area (Å²) in [5.41, 5.74) is 1.01. The van der Waals surface area contributed by atoms with Gasteiger partial charge in [0.25, 0.3) is 0 Å². The van der Waals surface area contributed by atoms with E-state index in [1.54, 1.807) is 6.07 Å². The van der Waals surface area contributed by atoms with E-state index in [-0.39, 0.29) is 0 Å². The van der Waals surface area contributed by atoms with E-state index in [0.717, 1.165) is 18.0 Å². The van der Waals surface area contributed by atoms with Gasteiger partial charge in [0, 0.05) is 18.2 Å². The van der Waals surface area contributed by atoms with Gasteiger partial charge in [-0.15, -0.1) is 0 Å². The molecule has 0 aromatic heterocycles. The number of para-hydroxylation sites is 1. The second-order valence-corrected chi connectivity index (χ2v) is 5.52. The molecule has 0 radical (unpaired) electrons. The molecule has 0 unspecified atom stereocenters. The van der Waals surface area contributed by atoms with Crippen LogP contribution in [-0.2, 0) is 6.54 Å². The van der Waals surface area contributed by atoms with Crippen molar-refractivity contribution in [3.63, 3.8) is 0 Å². The summed E-state index contributed by atoms with van der Waals surface area (Å²) in [7, 11) is 0. The highest BCUT2D eigenvalue weighted by Gasteiger charge is 2.20. The molecule has 1 aliphatic rings. The zero-order valence-electron chi connectivity index (χ0n) is 11.4. The zero-order chi connectivity index (χ0) is 12.8. The molecule has 1 aromatic rings. The van der Waals surface area contributed by atoms with E-state index >= 15 is 0 Å². The summed E-state index contributed by atoms with van der Waals surface area (Å²) in [5.74, 6) is 1.36. The minimum Gasteiger partial charge on any atom is -0.508 e. The molecule has 2 N–H and O–H groups in total. The van der Waals surface area contributed by atoms with E-state index in [0.29, 0.717) is 11.8 Å². The van der Waals surface area contributed by atoms with Gasteiger partial charge >= 0.3 is 0 Å². The molecule has 18 heavy (non-hydrogen) atoms. The molecule has 0 heterocycles. The fraction of sp³-hybridized carbons (Fsp3) is 0.625. The lowest BCUT2D eigenvalue weighted by atomic mass is 9.83. The van der Waals surface area contributed by atoms with Crippen LogP contribution in [0.2, 0.25) is 0 Å². The molecule has 100 valence electrons. The molecule has 0 atom stereocenters. The maximum atomic E-state index is 9.71. The molecule has 1 saturated carbocycles. The lowest BCUT2D eigenvalue weighted by Gasteiger charge is -2.29. The fourth-order valence-corrected chi connectivity index (χ4v) is 2.98. The molecule has 0 amide bonds.